The SMILES string of the molecule is CCC(C)N(CC)C(c1cccc(C)c1)C(C)N. The Bertz CT molecular complexity index is 360. The fourth-order valence-electron chi connectivity index (χ4n) is 2.67. The monoisotopic (exact) mass is 248 g/mol. The van der Waals surface area contributed by atoms with Crippen molar-refractivity contribution in [1.29, 1.82) is 0 Å². The zero-order valence-corrected chi connectivity index (χ0v) is 12.5. The molecule has 1 rings (SSSR count). The largest absolute Gasteiger partial charge is 0.326 e. The summed E-state index contributed by atoms with van der Waals surface area (Å²) < 4.78 is 0. The standard InChI is InChI=1S/C16H28N2/c1-6-13(4)18(7-2)16(14(5)17)15-10-8-9-12(3)11-15/h8-11,13-14,16H,6-7,17H2,1-5H3. The topological polar surface area (TPSA) is 29.3 Å². The first kappa shape index (κ1) is 15.2. The summed E-state index contributed by atoms with van der Waals surface area (Å²) in [6.45, 7) is 12.0. The number of aryl methyl sites for hydroxylation is 1. The van der Waals surface area contributed by atoms with E-state index in [0.717, 1.165) is 13.0 Å². The quantitative estimate of drug-likeness (QED) is 0.835. The molecular formula is C16H28N2. The van der Waals surface area contributed by atoms with Crippen LogP contribution in [-0.2, 0) is 0 Å². The van der Waals surface area contributed by atoms with Crippen LogP contribution >= 0.6 is 0 Å². The Balaban J connectivity index is 3.08. The van der Waals surface area contributed by atoms with Gasteiger partial charge in [-0.05, 0) is 39.3 Å². The minimum absolute atomic E-state index is 0.140. The van der Waals surface area contributed by atoms with E-state index in [-0.39, 0.29) is 6.04 Å². The first-order chi connectivity index (χ1) is 8.51. The number of rotatable bonds is 6. The molecule has 102 valence electrons. The second kappa shape index (κ2) is 6.91. The lowest BCUT2D eigenvalue weighted by atomic mass is 9.96. The van der Waals surface area contributed by atoms with Crippen molar-refractivity contribution < 1.29 is 0 Å². The second-order valence-electron chi connectivity index (χ2n) is 5.31. The third-order valence-electron chi connectivity index (χ3n) is 3.76. The smallest absolute Gasteiger partial charge is 0.0499 e. The molecule has 1 aromatic carbocycles. The van der Waals surface area contributed by atoms with E-state index >= 15 is 0 Å². The molecule has 0 aromatic heterocycles. The summed E-state index contributed by atoms with van der Waals surface area (Å²) in [6, 6.07) is 9.74. The third-order valence-corrected chi connectivity index (χ3v) is 3.76. The van der Waals surface area contributed by atoms with Crippen LogP contribution in [0.25, 0.3) is 0 Å². The van der Waals surface area contributed by atoms with E-state index in [1.807, 2.05) is 0 Å². The Morgan fingerprint density at radius 1 is 1.22 bits per heavy atom. The normalized spacial score (nSPS) is 16.6. The zero-order chi connectivity index (χ0) is 13.7. The van der Waals surface area contributed by atoms with E-state index < -0.39 is 0 Å². The van der Waals surface area contributed by atoms with Crippen LogP contribution < -0.4 is 5.73 Å². The maximum Gasteiger partial charge on any atom is 0.0499 e. The van der Waals surface area contributed by atoms with Crippen LogP contribution in [0, 0.1) is 6.92 Å². The van der Waals surface area contributed by atoms with Crippen molar-refractivity contribution in [1.82, 2.24) is 4.90 Å². The van der Waals surface area contributed by atoms with Gasteiger partial charge >= 0.3 is 0 Å². The summed E-state index contributed by atoms with van der Waals surface area (Å²) in [7, 11) is 0. The van der Waals surface area contributed by atoms with Crippen LogP contribution in [0.1, 0.15) is 51.3 Å². The molecule has 0 bridgehead atoms. The Morgan fingerprint density at radius 2 is 1.89 bits per heavy atom. The molecule has 2 nitrogen and oxygen atoms in total. The molecule has 0 amide bonds. The van der Waals surface area contributed by atoms with Gasteiger partial charge in [0.2, 0.25) is 0 Å². The third kappa shape index (κ3) is 3.56. The van der Waals surface area contributed by atoms with Crippen molar-refractivity contribution in [2.24, 2.45) is 5.73 Å². The zero-order valence-electron chi connectivity index (χ0n) is 12.5. The van der Waals surface area contributed by atoms with Gasteiger partial charge in [0.15, 0.2) is 0 Å². The lowest BCUT2D eigenvalue weighted by Crippen LogP contribution is -2.43. The fraction of sp³-hybridized carbons (Fsp3) is 0.625. The fourth-order valence-corrected chi connectivity index (χ4v) is 2.67. The Hall–Kier alpha value is -0.860. The highest BCUT2D eigenvalue weighted by atomic mass is 15.2. The highest BCUT2D eigenvalue weighted by molar-refractivity contribution is 5.26. The summed E-state index contributed by atoms with van der Waals surface area (Å²) in [5.41, 5.74) is 8.89. The Kier molecular flexibility index (Phi) is 5.83. The molecule has 0 aliphatic heterocycles. The molecule has 0 saturated heterocycles. The van der Waals surface area contributed by atoms with Gasteiger partial charge in [0.25, 0.3) is 0 Å². The number of nitrogens with two attached hydrogens (primary N) is 1. The molecule has 0 saturated carbocycles. The van der Waals surface area contributed by atoms with E-state index in [1.165, 1.54) is 11.1 Å². The van der Waals surface area contributed by atoms with Crippen LogP contribution in [0.4, 0.5) is 0 Å². The summed E-state index contributed by atoms with van der Waals surface area (Å²) in [5, 5.41) is 0. The predicted molar refractivity (Wildman–Crippen MR) is 79.7 cm³/mol. The second-order valence-corrected chi connectivity index (χ2v) is 5.31. The highest BCUT2D eigenvalue weighted by Crippen LogP contribution is 2.26. The van der Waals surface area contributed by atoms with E-state index in [0.29, 0.717) is 12.1 Å². The molecule has 0 heterocycles. The van der Waals surface area contributed by atoms with Crippen LogP contribution in [0.15, 0.2) is 24.3 Å². The van der Waals surface area contributed by atoms with Gasteiger partial charge in [-0.15, -0.1) is 0 Å². The maximum atomic E-state index is 6.25. The number of likely N-dealkylation sites (N-methyl/N-ethyl adjacent to an activating group) is 1. The van der Waals surface area contributed by atoms with Crippen LogP contribution in [0.2, 0.25) is 0 Å². The molecule has 3 atom stereocenters. The van der Waals surface area contributed by atoms with E-state index in [4.69, 9.17) is 5.73 Å². The van der Waals surface area contributed by atoms with E-state index in [2.05, 4.69) is 63.8 Å². The van der Waals surface area contributed by atoms with Gasteiger partial charge in [-0.1, -0.05) is 43.7 Å². The Morgan fingerprint density at radius 3 is 2.33 bits per heavy atom. The molecule has 2 N–H and O–H groups in total. The van der Waals surface area contributed by atoms with Gasteiger partial charge in [-0.3, -0.25) is 4.90 Å². The van der Waals surface area contributed by atoms with Crippen LogP contribution in [-0.4, -0.2) is 23.5 Å². The lowest BCUT2D eigenvalue weighted by molar-refractivity contribution is 0.131. The van der Waals surface area contributed by atoms with Crippen molar-refractivity contribution >= 4 is 0 Å². The molecule has 3 unspecified atom stereocenters. The summed E-state index contributed by atoms with van der Waals surface area (Å²) in [6.07, 6.45) is 1.16. The number of nitrogens with zero attached hydrogens (tertiary/aromatic N) is 1. The molecule has 0 fully saturated rings. The highest BCUT2D eigenvalue weighted by Gasteiger charge is 2.25. The van der Waals surface area contributed by atoms with Gasteiger partial charge in [-0.25, -0.2) is 0 Å². The van der Waals surface area contributed by atoms with Gasteiger partial charge in [0.1, 0.15) is 0 Å². The molecule has 18 heavy (non-hydrogen) atoms. The number of benzene rings is 1. The van der Waals surface area contributed by atoms with Gasteiger partial charge in [-0.2, -0.15) is 0 Å². The van der Waals surface area contributed by atoms with Crippen molar-refractivity contribution in [3.63, 3.8) is 0 Å². The van der Waals surface area contributed by atoms with E-state index in [9.17, 15) is 0 Å². The van der Waals surface area contributed by atoms with Crippen molar-refractivity contribution in [2.75, 3.05) is 6.54 Å². The molecule has 0 radical (unpaired) electrons. The van der Waals surface area contributed by atoms with Crippen molar-refractivity contribution in [3.05, 3.63) is 35.4 Å². The Labute approximate surface area is 112 Å². The summed E-state index contributed by atoms with van der Waals surface area (Å²) >= 11 is 0. The van der Waals surface area contributed by atoms with Crippen LogP contribution in [0.5, 0.6) is 0 Å². The van der Waals surface area contributed by atoms with Crippen molar-refractivity contribution in [2.45, 2.75) is 59.2 Å². The molecule has 1 aromatic rings. The predicted octanol–water partition coefficient (Wildman–Crippen LogP) is 3.50. The number of hydrogen-bond donors (Lipinski definition) is 1. The summed E-state index contributed by atoms with van der Waals surface area (Å²) in [4.78, 5) is 2.51. The lowest BCUT2D eigenvalue weighted by Gasteiger charge is -2.38. The van der Waals surface area contributed by atoms with Gasteiger partial charge in [0, 0.05) is 18.1 Å². The minimum atomic E-state index is 0.140. The molecule has 0 spiro atoms. The minimum Gasteiger partial charge on any atom is -0.326 e. The molecule has 0 aliphatic carbocycles. The average Bonchev–Trinajstić information content (AvgIpc) is 2.34. The molecular weight excluding hydrogens is 220 g/mol. The van der Waals surface area contributed by atoms with Crippen molar-refractivity contribution in [3.8, 4) is 0 Å². The average molecular weight is 248 g/mol. The van der Waals surface area contributed by atoms with E-state index in [1.54, 1.807) is 0 Å². The first-order valence-electron chi connectivity index (χ1n) is 7.09. The van der Waals surface area contributed by atoms with Gasteiger partial charge in [0.05, 0.1) is 0 Å². The molecule has 0 aliphatic rings. The molecule has 2 heteroatoms. The van der Waals surface area contributed by atoms with Gasteiger partial charge < -0.3 is 5.73 Å². The first-order valence-corrected chi connectivity index (χ1v) is 7.09. The van der Waals surface area contributed by atoms with Crippen LogP contribution in [0.3, 0.4) is 0 Å². The maximum absolute atomic E-state index is 6.25. The summed E-state index contributed by atoms with van der Waals surface area (Å²) in [5.74, 6) is 0. The number of hydrogen-bond acceptors (Lipinski definition) is 2.